The van der Waals surface area contributed by atoms with Crippen LogP contribution < -0.4 is 4.90 Å². The lowest BCUT2D eigenvalue weighted by Gasteiger charge is -2.34. The molecular formula is C68H43N. The van der Waals surface area contributed by atoms with E-state index in [1.165, 1.54) is 110 Å². The van der Waals surface area contributed by atoms with Gasteiger partial charge in [0.15, 0.2) is 0 Å². The highest BCUT2D eigenvalue weighted by molar-refractivity contribution is 6.26. The van der Waals surface area contributed by atoms with E-state index in [1.54, 1.807) is 0 Å². The average Bonchev–Trinajstić information content (AvgIpc) is 4.01. The smallest absolute Gasteiger partial charge is 0.0726 e. The molecule has 0 N–H and O–H groups in total. The molecule has 0 bridgehead atoms. The molecule has 0 fully saturated rings. The molecule has 320 valence electrons. The van der Waals surface area contributed by atoms with E-state index in [2.05, 4.69) is 266 Å². The molecule has 0 radical (unpaired) electrons. The summed E-state index contributed by atoms with van der Waals surface area (Å²) in [6, 6.07) is 98.1. The molecule has 1 heteroatoms. The van der Waals surface area contributed by atoms with Gasteiger partial charge in [-0.1, -0.05) is 224 Å². The van der Waals surface area contributed by atoms with E-state index in [1.807, 2.05) is 0 Å². The van der Waals surface area contributed by atoms with E-state index in [-0.39, 0.29) is 0 Å². The maximum absolute atomic E-state index is 2.53. The second-order valence-electron chi connectivity index (χ2n) is 19.0. The fourth-order valence-corrected chi connectivity index (χ4v) is 13.3. The number of hydrogen-bond acceptors (Lipinski definition) is 1. The Morgan fingerprint density at radius 2 is 0.551 bits per heavy atom. The van der Waals surface area contributed by atoms with Crippen LogP contribution in [0.2, 0.25) is 0 Å². The summed E-state index contributed by atoms with van der Waals surface area (Å²) in [6.45, 7) is 0. The van der Waals surface area contributed by atoms with Crippen molar-refractivity contribution in [3.8, 4) is 33.4 Å². The second-order valence-corrected chi connectivity index (χ2v) is 19.0. The van der Waals surface area contributed by atoms with Crippen molar-refractivity contribution in [2.45, 2.75) is 10.8 Å². The third kappa shape index (κ3) is 5.04. The zero-order valence-electron chi connectivity index (χ0n) is 37.8. The standard InChI is InChI=1S/C68H43N/c1-3-19-44(20-4-1)67(45-21-5-2-6-22-45)61-31-15-14-30-57(61)60-42-47(37-40-65(60)67)69(46-35-38-53-51-25-8-7-23-49(51)50-24-9-10-26-52(50)59(53)41-46)48-36-39-58-56-29-13-18-34-64(56)68(66(58)43-48)62-32-16-11-27-54(62)55-28-12-17-33-63(55)68/h1-43H. The van der Waals surface area contributed by atoms with Crippen LogP contribution in [0, 0.1) is 0 Å². The van der Waals surface area contributed by atoms with Gasteiger partial charge in [-0.15, -0.1) is 0 Å². The van der Waals surface area contributed by atoms with Crippen LogP contribution in [0.1, 0.15) is 44.5 Å². The molecule has 0 heterocycles. The van der Waals surface area contributed by atoms with Crippen LogP contribution in [-0.4, -0.2) is 0 Å². The van der Waals surface area contributed by atoms with Crippen molar-refractivity contribution in [1.82, 2.24) is 0 Å². The first kappa shape index (κ1) is 38.3. The van der Waals surface area contributed by atoms with Gasteiger partial charge in [0.05, 0.1) is 10.8 Å². The average molecular weight is 874 g/mol. The molecule has 0 atom stereocenters. The molecule has 1 spiro atoms. The molecule has 0 saturated heterocycles. The molecule has 3 aliphatic carbocycles. The van der Waals surface area contributed by atoms with Gasteiger partial charge in [0.1, 0.15) is 0 Å². The van der Waals surface area contributed by atoms with Crippen molar-refractivity contribution in [1.29, 1.82) is 0 Å². The van der Waals surface area contributed by atoms with Gasteiger partial charge in [-0.25, -0.2) is 0 Å². The fraction of sp³-hybridized carbons (Fsp3) is 0.0294. The summed E-state index contributed by atoms with van der Waals surface area (Å²) in [5.41, 5.74) is 20.6. The lowest BCUT2D eigenvalue weighted by molar-refractivity contribution is 0.768. The van der Waals surface area contributed by atoms with Crippen molar-refractivity contribution in [2.24, 2.45) is 0 Å². The summed E-state index contributed by atoms with van der Waals surface area (Å²) >= 11 is 0. The monoisotopic (exact) mass is 873 g/mol. The molecule has 12 aromatic rings. The summed E-state index contributed by atoms with van der Waals surface area (Å²) in [5, 5.41) is 7.58. The van der Waals surface area contributed by atoms with Gasteiger partial charge >= 0.3 is 0 Å². The Morgan fingerprint density at radius 1 is 0.203 bits per heavy atom. The summed E-state index contributed by atoms with van der Waals surface area (Å²) in [6.07, 6.45) is 0. The summed E-state index contributed by atoms with van der Waals surface area (Å²) in [5.74, 6) is 0. The maximum atomic E-state index is 2.53. The number of anilines is 3. The topological polar surface area (TPSA) is 3.24 Å². The highest BCUT2D eigenvalue weighted by Gasteiger charge is 2.52. The molecule has 69 heavy (non-hydrogen) atoms. The Labute approximate surface area is 401 Å². The van der Waals surface area contributed by atoms with Crippen LogP contribution in [0.4, 0.5) is 17.1 Å². The Hall–Kier alpha value is -8.78. The first-order valence-electron chi connectivity index (χ1n) is 24.2. The molecule has 0 amide bonds. The minimum Gasteiger partial charge on any atom is -0.310 e. The van der Waals surface area contributed by atoms with E-state index < -0.39 is 10.8 Å². The molecule has 1 nitrogen and oxygen atoms in total. The Kier molecular flexibility index (Phi) is 7.98. The van der Waals surface area contributed by atoms with Crippen molar-refractivity contribution < 1.29 is 0 Å². The van der Waals surface area contributed by atoms with Crippen LogP contribution in [0.15, 0.2) is 261 Å². The zero-order valence-corrected chi connectivity index (χ0v) is 37.8. The summed E-state index contributed by atoms with van der Waals surface area (Å²) in [4.78, 5) is 2.53. The van der Waals surface area contributed by atoms with Gasteiger partial charge in [0, 0.05) is 17.1 Å². The van der Waals surface area contributed by atoms with Gasteiger partial charge < -0.3 is 4.90 Å². The van der Waals surface area contributed by atoms with Gasteiger partial charge in [-0.05, 0) is 147 Å². The first-order valence-corrected chi connectivity index (χ1v) is 24.2. The van der Waals surface area contributed by atoms with E-state index in [4.69, 9.17) is 0 Å². The van der Waals surface area contributed by atoms with Gasteiger partial charge in [-0.2, -0.15) is 0 Å². The largest absolute Gasteiger partial charge is 0.310 e. The lowest BCUT2D eigenvalue weighted by Crippen LogP contribution is -2.28. The van der Waals surface area contributed by atoms with E-state index in [0.717, 1.165) is 17.1 Å². The molecular weight excluding hydrogens is 831 g/mol. The molecule has 3 aliphatic rings. The molecule has 0 unspecified atom stereocenters. The van der Waals surface area contributed by atoms with Gasteiger partial charge in [-0.3, -0.25) is 0 Å². The van der Waals surface area contributed by atoms with Crippen molar-refractivity contribution >= 4 is 49.4 Å². The van der Waals surface area contributed by atoms with E-state index >= 15 is 0 Å². The highest BCUT2D eigenvalue weighted by atomic mass is 15.1. The molecule has 0 aliphatic heterocycles. The number of fused-ring (bicyclic) bond motifs is 19. The predicted molar refractivity (Wildman–Crippen MR) is 287 cm³/mol. The first-order chi connectivity index (χ1) is 34.2. The number of rotatable bonds is 5. The maximum Gasteiger partial charge on any atom is 0.0726 e. The summed E-state index contributed by atoms with van der Waals surface area (Å²) in [7, 11) is 0. The van der Waals surface area contributed by atoms with Gasteiger partial charge in [0.2, 0.25) is 0 Å². The SMILES string of the molecule is c1ccc(C2(c3ccccc3)c3ccccc3-c3cc(N(c4ccc5c(c4)C4(c6ccccc6-c6ccccc64)c4ccccc4-5)c4ccc5c6ccccc6c6ccccc6c5c4)ccc32)cc1. The van der Waals surface area contributed by atoms with Crippen LogP contribution in [0.3, 0.4) is 0 Å². The normalized spacial score (nSPS) is 14.0. The molecule has 0 saturated carbocycles. The van der Waals surface area contributed by atoms with E-state index in [9.17, 15) is 0 Å². The van der Waals surface area contributed by atoms with Crippen molar-refractivity contribution in [3.63, 3.8) is 0 Å². The number of benzene rings is 12. The van der Waals surface area contributed by atoms with E-state index in [0.29, 0.717) is 0 Å². The fourth-order valence-electron chi connectivity index (χ4n) is 13.3. The third-order valence-electron chi connectivity index (χ3n) is 15.9. The quantitative estimate of drug-likeness (QED) is 0.156. The molecule has 0 aromatic heterocycles. The molecule has 12 aromatic carbocycles. The second kappa shape index (κ2) is 14.4. The minimum atomic E-state index is -0.490. The Balaban J connectivity index is 1.02. The van der Waals surface area contributed by atoms with Crippen LogP contribution in [0.5, 0.6) is 0 Å². The highest BCUT2D eigenvalue weighted by Crippen LogP contribution is 2.64. The third-order valence-corrected chi connectivity index (χ3v) is 15.9. The lowest BCUT2D eigenvalue weighted by atomic mass is 9.68. The zero-order chi connectivity index (χ0) is 45.3. The number of nitrogens with zero attached hydrogens (tertiary/aromatic N) is 1. The molecule has 15 rings (SSSR count). The van der Waals surface area contributed by atoms with Crippen molar-refractivity contribution in [3.05, 3.63) is 305 Å². The van der Waals surface area contributed by atoms with Crippen LogP contribution in [0.25, 0.3) is 65.7 Å². The van der Waals surface area contributed by atoms with Crippen LogP contribution in [-0.2, 0) is 10.8 Å². The Morgan fingerprint density at radius 3 is 1.09 bits per heavy atom. The van der Waals surface area contributed by atoms with Crippen molar-refractivity contribution in [2.75, 3.05) is 4.90 Å². The Bertz CT molecular complexity index is 3950. The van der Waals surface area contributed by atoms with Gasteiger partial charge in [0.25, 0.3) is 0 Å². The summed E-state index contributed by atoms with van der Waals surface area (Å²) < 4.78 is 0. The van der Waals surface area contributed by atoms with Crippen LogP contribution >= 0.6 is 0 Å². The number of hydrogen-bond donors (Lipinski definition) is 0. The predicted octanol–water partition coefficient (Wildman–Crippen LogP) is 17.3. The minimum absolute atomic E-state index is 0.471.